The summed E-state index contributed by atoms with van der Waals surface area (Å²) in [5, 5.41) is 0. The highest BCUT2D eigenvalue weighted by Crippen LogP contribution is 2.53. The molecule has 0 bridgehead atoms. The molecule has 2 unspecified atom stereocenters. The lowest BCUT2D eigenvalue weighted by Crippen LogP contribution is -2.36. The number of fused-ring (bicyclic) bond motifs is 5. The van der Waals surface area contributed by atoms with E-state index in [2.05, 4.69) is 81.1 Å². The molecule has 0 N–H and O–H groups in total. The zero-order valence-electron chi connectivity index (χ0n) is 19.5. The summed E-state index contributed by atoms with van der Waals surface area (Å²) < 4.78 is 0. The molecule has 1 saturated carbocycles. The molecule has 3 aliphatic carbocycles. The number of benzene rings is 2. The van der Waals surface area contributed by atoms with Crippen molar-refractivity contribution in [2.45, 2.75) is 83.6 Å². The van der Waals surface area contributed by atoms with Crippen molar-refractivity contribution >= 4 is 5.69 Å². The molecule has 1 nitrogen and oxygen atoms in total. The molecule has 0 saturated heterocycles. The Hall–Kier alpha value is -2.28. The van der Waals surface area contributed by atoms with Gasteiger partial charge in [-0.25, -0.2) is 0 Å². The average molecular weight is 410 g/mol. The second-order valence-electron chi connectivity index (χ2n) is 11.0. The van der Waals surface area contributed by atoms with Gasteiger partial charge in [0.15, 0.2) is 0 Å². The first-order valence-corrected chi connectivity index (χ1v) is 12.4. The van der Waals surface area contributed by atoms with Crippen LogP contribution in [0.1, 0.15) is 88.8 Å². The fraction of sp³-hybridized carbons (Fsp3) is 0.467. The van der Waals surface area contributed by atoms with E-state index in [1.165, 1.54) is 77.7 Å². The Bertz CT molecular complexity index is 1110. The van der Waals surface area contributed by atoms with Crippen molar-refractivity contribution < 1.29 is 0 Å². The minimum absolute atomic E-state index is 0.0525. The van der Waals surface area contributed by atoms with Crippen molar-refractivity contribution in [1.82, 2.24) is 0 Å². The van der Waals surface area contributed by atoms with Crippen molar-refractivity contribution in [1.29, 1.82) is 0 Å². The van der Waals surface area contributed by atoms with E-state index in [0.717, 1.165) is 5.92 Å². The first kappa shape index (κ1) is 19.4. The Morgan fingerprint density at radius 2 is 1.68 bits per heavy atom. The zero-order valence-corrected chi connectivity index (χ0v) is 19.5. The molecular weight excluding hydrogens is 374 g/mol. The summed E-state index contributed by atoms with van der Waals surface area (Å²) in [6.07, 6.45) is 12.8. The standard InChI is InChI=1S/C30H35N/c1-19(2)20-13-15-22-23-16-14-21(18-27(23)30(3,4)26(22)17-20)31-28-11-7-5-9-24(28)25-10-6-8-12-29(25)31/h7,11,13-19,25,29H,5-6,8-10,12H2,1-4H3. The van der Waals surface area contributed by atoms with Crippen molar-refractivity contribution in [3.63, 3.8) is 0 Å². The summed E-state index contributed by atoms with van der Waals surface area (Å²) in [6.45, 7) is 9.44. The van der Waals surface area contributed by atoms with E-state index < -0.39 is 0 Å². The van der Waals surface area contributed by atoms with E-state index in [1.54, 1.807) is 5.57 Å². The topological polar surface area (TPSA) is 3.24 Å². The van der Waals surface area contributed by atoms with Crippen LogP contribution in [0.4, 0.5) is 5.69 Å². The van der Waals surface area contributed by atoms with Crippen LogP contribution in [0.25, 0.3) is 11.1 Å². The van der Waals surface area contributed by atoms with Crippen LogP contribution < -0.4 is 4.90 Å². The van der Waals surface area contributed by atoms with Crippen LogP contribution in [0.15, 0.2) is 59.8 Å². The zero-order chi connectivity index (χ0) is 21.3. The van der Waals surface area contributed by atoms with Crippen LogP contribution in [-0.2, 0) is 5.41 Å². The van der Waals surface area contributed by atoms with Gasteiger partial charge >= 0.3 is 0 Å². The van der Waals surface area contributed by atoms with Gasteiger partial charge in [-0.15, -0.1) is 0 Å². The van der Waals surface area contributed by atoms with Gasteiger partial charge in [0.1, 0.15) is 0 Å². The van der Waals surface area contributed by atoms with Crippen LogP contribution in [0.5, 0.6) is 0 Å². The van der Waals surface area contributed by atoms with Crippen molar-refractivity contribution in [2.24, 2.45) is 5.92 Å². The SMILES string of the molecule is CC(C)c1ccc2c(c1)C(C)(C)c1cc(N3C4=C(CCC=C4)C4CCCCC43)ccc1-2. The fourth-order valence-electron chi connectivity index (χ4n) is 6.87. The second-order valence-corrected chi connectivity index (χ2v) is 11.0. The average Bonchev–Trinajstić information content (AvgIpc) is 3.23. The molecule has 4 aliphatic rings. The van der Waals surface area contributed by atoms with E-state index >= 15 is 0 Å². The minimum Gasteiger partial charge on any atom is -0.338 e. The third-order valence-electron chi connectivity index (χ3n) is 8.58. The molecule has 0 aromatic heterocycles. The molecule has 1 aliphatic heterocycles. The molecule has 6 rings (SSSR count). The molecule has 2 aromatic carbocycles. The Morgan fingerprint density at radius 3 is 2.48 bits per heavy atom. The predicted octanol–water partition coefficient (Wildman–Crippen LogP) is 8.10. The third kappa shape index (κ3) is 2.75. The maximum absolute atomic E-state index is 2.73. The van der Waals surface area contributed by atoms with Crippen LogP contribution in [0.3, 0.4) is 0 Å². The van der Waals surface area contributed by atoms with Crippen LogP contribution >= 0.6 is 0 Å². The molecular formula is C30H35N. The first-order valence-electron chi connectivity index (χ1n) is 12.4. The summed E-state index contributed by atoms with van der Waals surface area (Å²) in [5.41, 5.74) is 12.1. The van der Waals surface area contributed by atoms with Gasteiger partial charge in [-0.2, -0.15) is 0 Å². The number of hydrogen-bond acceptors (Lipinski definition) is 1. The largest absolute Gasteiger partial charge is 0.338 e. The molecule has 2 aromatic rings. The van der Waals surface area contributed by atoms with Crippen molar-refractivity contribution in [2.75, 3.05) is 4.90 Å². The monoisotopic (exact) mass is 409 g/mol. The lowest BCUT2D eigenvalue weighted by Gasteiger charge is -2.35. The van der Waals surface area contributed by atoms with Gasteiger partial charge < -0.3 is 4.90 Å². The number of allylic oxidation sites excluding steroid dienone is 2. The Kier molecular flexibility index (Phi) is 4.29. The van der Waals surface area contributed by atoms with Gasteiger partial charge in [0, 0.05) is 28.8 Å². The molecule has 2 atom stereocenters. The summed E-state index contributed by atoms with van der Waals surface area (Å²) in [4.78, 5) is 2.73. The van der Waals surface area contributed by atoms with E-state index in [1.807, 2.05) is 0 Å². The maximum Gasteiger partial charge on any atom is 0.0417 e. The van der Waals surface area contributed by atoms with E-state index in [4.69, 9.17) is 0 Å². The highest BCUT2D eigenvalue weighted by atomic mass is 15.2. The summed E-state index contributed by atoms with van der Waals surface area (Å²) in [5.74, 6) is 1.34. The molecule has 0 radical (unpaired) electrons. The fourth-order valence-corrected chi connectivity index (χ4v) is 6.87. The van der Waals surface area contributed by atoms with Gasteiger partial charge in [-0.1, -0.05) is 70.9 Å². The lowest BCUT2D eigenvalue weighted by atomic mass is 9.79. The second kappa shape index (κ2) is 6.86. The minimum atomic E-state index is 0.0525. The molecule has 160 valence electrons. The molecule has 1 fully saturated rings. The van der Waals surface area contributed by atoms with Gasteiger partial charge in [0.2, 0.25) is 0 Å². The molecule has 0 amide bonds. The Labute approximate surface area is 187 Å². The van der Waals surface area contributed by atoms with Gasteiger partial charge in [-0.05, 0) is 83.2 Å². The Morgan fingerprint density at radius 1 is 0.935 bits per heavy atom. The number of nitrogens with zero attached hydrogens (tertiary/aromatic N) is 1. The van der Waals surface area contributed by atoms with E-state index in [-0.39, 0.29) is 5.41 Å². The maximum atomic E-state index is 2.73. The smallest absolute Gasteiger partial charge is 0.0417 e. The van der Waals surface area contributed by atoms with Gasteiger partial charge in [-0.3, -0.25) is 0 Å². The van der Waals surface area contributed by atoms with Crippen LogP contribution in [0.2, 0.25) is 0 Å². The normalized spacial score (nSPS) is 25.5. The van der Waals surface area contributed by atoms with Crippen molar-refractivity contribution in [3.8, 4) is 11.1 Å². The summed E-state index contributed by atoms with van der Waals surface area (Å²) in [7, 11) is 0. The molecule has 1 heterocycles. The molecule has 1 heteroatoms. The lowest BCUT2D eigenvalue weighted by molar-refractivity contribution is 0.358. The quantitative estimate of drug-likeness (QED) is 0.484. The number of anilines is 1. The van der Waals surface area contributed by atoms with Gasteiger partial charge in [0.25, 0.3) is 0 Å². The van der Waals surface area contributed by atoms with Gasteiger partial charge in [0.05, 0.1) is 0 Å². The van der Waals surface area contributed by atoms with Crippen molar-refractivity contribution in [3.05, 3.63) is 76.5 Å². The van der Waals surface area contributed by atoms with Crippen LogP contribution in [-0.4, -0.2) is 6.04 Å². The Balaban J connectivity index is 1.46. The third-order valence-corrected chi connectivity index (χ3v) is 8.58. The highest BCUT2D eigenvalue weighted by molar-refractivity contribution is 5.83. The summed E-state index contributed by atoms with van der Waals surface area (Å²) >= 11 is 0. The van der Waals surface area contributed by atoms with E-state index in [0.29, 0.717) is 12.0 Å². The van der Waals surface area contributed by atoms with Crippen LogP contribution in [0, 0.1) is 5.92 Å². The number of hydrogen-bond donors (Lipinski definition) is 0. The van der Waals surface area contributed by atoms with E-state index in [9.17, 15) is 0 Å². The molecule has 0 spiro atoms. The first-order chi connectivity index (χ1) is 15.0. The molecule has 31 heavy (non-hydrogen) atoms. The summed E-state index contributed by atoms with van der Waals surface area (Å²) in [6, 6.07) is 15.2. The highest BCUT2D eigenvalue weighted by Gasteiger charge is 2.43. The predicted molar refractivity (Wildman–Crippen MR) is 132 cm³/mol. The number of rotatable bonds is 2.